The highest BCUT2D eigenvalue weighted by Gasteiger charge is 2.06. The molecule has 1 unspecified atom stereocenters. The van der Waals surface area contributed by atoms with Gasteiger partial charge in [0.1, 0.15) is 0 Å². The minimum Gasteiger partial charge on any atom is -0.481 e. The van der Waals surface area contributed by atoms with Crippen LogP contribution < -0.4 is 10.1 Å². The van der Waals surface area contributed by atoms with Crippen LogP contribution in [-0.2, 0) is 0 Å². The van der Waals surface area contributed by atoms with E-state index in [1.54, 1.807) is 32.5 Å². The smallest absolute Gasteiger partial charge is 0.213 e. The van der Waals surface area contributed by atoms with Gasteiger partial charge in [0.05, 0.1) is 13.2 Å². The van der Waals surface area contributed by atoms with Gasteiger partial charge >= 0.3 is 0 Å². The first-order valence-corrected chi connectivity index (χ1v) is 4.10. The fourth-order valence-electron chi connectivity index (χ4n) is 1.05. The van der Waals surface area contributed by atoms with Crippen LogP contribution in [0, 0.1) is 0 Å². The SMILES string of the molecule is CNCC(O)c1ccnc(OC)c1. The molecule has 4 nitrogen and oxygen atoms in total. The van der Waals surface area contributed by atoms with Crippen LogP contribution in [0.5, 0.6) is 5.88 Å². The van der Waals surface area contributed by atoms with Gasteiger partial charge in [-0.05, 0) is 18.7 Å². The number of hydrogen-bond acceptors (Lipinski definition) is 4. The molecule has 0 fully saturated rings. The Labute approximate surface area is 77.6 Å². The predicted octanol–water partition coefficient (Wildman–Crippen LogP) is 0.343. The molecule has 0 aliphatic heterocycles. The third-order valence-corrected chi connectivity index (χ3v) is 1.75. The summed E-state index contributed by atoms with van der Waals surface area (Å²) in [5.74, 6) is 0.521. The molecule has 4 heteroatoms. The number of hydrogen-bond donors (Lipinski definition) is 2. The van der Waals surface area contributed by atoms with Crippen molar-refractivity contribution in [3.63, 3.8) is 0 Å². The number of aromatic nitrogens is 1. The second-order valence-electron chi connectivity index (χ2n) is 2.71. The Balaban J connectivity index is 2.75. The third kappa shape index (κ3) is 2.68. The fraction of sp³-hybridized carbons (Fsp3) is 0.444. The van der Waals surface area contributed by atoms with E-state index in [-0.39, 0.29) is 0 Å². The molecule has 1 aromatic rings. The topological polar surface area (TPSA) is 54.4 Å². The van der Waals surface area contributed by atoms with Crippen molar-refractivity contribution < 1.29 is 9.84 Å². The predicted molar refractivity (Wildman–Crippen MR) is 49.7 cm³/mol. The number of ether oxygens (including phenoxy) is 1. The van der Waals surface area contributed by atoms with Gasteiger partial charge in [0.25, 0.3) is 0 Å². The van der Waals surface area contributed by atoms with Crippen LogP contribution in [0.25, 0.3) is 0 Å². The first kappa shape index (κ1) is 9.95. The van der Waals surface area contributed by atoms with Gasteiger partial charge in [-0.15, -0.1) is 0 Å². The van der Waals surface area contributed by atoms with Crippen LogP contribution in [0.3, 0.4) is 0 Å². The summed E-state index contributed by atoms with van der Waals surface area (Å²) in [7, 11) is 3.35. The van der Waals surface area contributed by atoms with E-state index in [9.17, 15) is 5.11 Å². The quantitative estimate of drug-likeness (QED) is 0.705. The maximum absolute atomic E-state index is 9.59. The minimum atomic E-state index is -0.512. The number of likely N-dealkylation sites (N-methyl/N-ethyl adjacent to an activating group) is 1. The summed E-state index contributed by atoms with van der Waals surface area (Å²) in [4.78, 5) is 3.95. The fourth-order valence-corrected chi connectivity index (χ4v) is 1.05. The van der Waals surface area contributed by atoms with E-state index in [0.717, 1.165) is 5.56 Å². The van der Waals surface area contributed by atoms with E-state index in [1.165, 1.54) is 0 Å². The van der Waals surface area contributed by atoms with E-state index in [1.807, 2.05) is 0 Å². The van der Waals surface area contributed by atoms with Gasteiger partial charge < -0.3 is 15.2 Å². The molecule has 0 spiro atoms. The molecular weight excluding hydrogens is 168 g/mol. The molecule has 1 rings (SSSR count). The molecule has 0 aromatic carbocycles. The number of nitrogens with zero attached hydrogens (tertiary/aromatic N) is 1. The van der Waals surface area contributed by atoms with Crippen LogP contribution in [0.2, 0.25) is 0 Å². The average Bonchev–Trinajstić information content (AvgIpc) is 2.18. The molecule has 13 heavy (non-hydrogen) atoms. The Bertz CT molecular complexity index is 266. The number of rotatable bonds is 4. The van der Waals surface area contributed by atoms with E-state index >= 15 is 0 Å². The van der Waals surface area contributed by atoms with Crippen molar-refractivity contribution in [2.24, 2.45) is 0 Å². The Morgan fingerprint density at radius 2 is 2.46 bits per heavy atom. The lowest BCUT2D eigenvalue weighted by molar-refractivity contribution is 0.177. The Morgan fingerprint density at radius 1 is 1.69 bits per heavy atom. The average molecular weight is 182 g/mol. The summed E-state index contributed by atoms with van der Waals surface area (Å²) >= 11 is 0. The number of aliphatic hydroxyl groups is 1. The van der Waals surface area contributed by atoms with Crippen molar-refractivity contribution in [2.45, 2.75) is 6.10 Å². The van der Waals surface area contributed by atoms with Crippen LogP contribution in [0.4, 0.5) is 0 Å². The second kappa shape index (κ2) is 4.79. The van der Waals surface area contributed by atoms with Gasteiger partial charge in [-0.3, -0.25) is 0 Å². The molecule has 2 N–H and O–H groups in total. The lowest BCUT2D eigenvalue weighted by atomic mass is 10.1. The standard InChI is InChI=1S/C9H14N2O2/c1-10-6-8(12)7-3-4-11-9(5-7)13-2/h3-5,8,10,12H,6H2,1-2H3. The van der Waals surface area contributed by atoms with Gasteiger partial charge in [-0.1, -0.05) is 0 Å². The second-order valence-corrected chi connectivity index (χ2v) is 2.71. The van der Waals surface area contributed by atoms with Gasteiger partial charge in [-0.25, -0.2) is 4.98 Å². The molecule has 0 saturated carbocycles. The molecule has 0 radical (unpaired) electrons. The number of nitrogens with one attached hydrogen (secondary N) is 1. The monoisotopic (exact) mass is 182 g/mol. The number of pyridine rings is 1. The van der Waals surface area contributed by atoms with Gasteiger partial charge in [0.2, 0.25) is 5.88 Å². The highest BCUT2D eigenvalue weighted by atomic mass is 16.5. The van der Waals surface area contributed by atoms with Crippen molar-refractivity contribution in [3.05, 3.63) is 23.9 Å². The first-order chi connectivity index (χ1) is 6.27. The zero-order valence-electron chi connectivity index (χ0n) is 7.82. The molecule has 72 valence electrons. The van der Waals surface area contributed by atoms with Crippen LogP contribution in [-0.4, -0.2) is 30.8 Å². The largest absolute Gasteiger partial charge is 0.481 e. The number of aliphatic hydroxyl groups excluding tert-OH is 1. The molecule has 0 aliphatic carbocycles. The van der Waals surface area contributed by atoms with E-state index in [0.29, 0.717) is 12.4 Å². The zero-order valence-corrected chi connectivity index (χ0v) is 7.82. The van der Waals surface area contributed by atoms with Crippen LogP contribution in [0.1, 0.15) is 11.7 Å². The summed E-state index contributed by atoms with van der Waals surface area (Å²) in [5.41, 5.74) is 0.807. The lowest BCUT2D eigenvalue weighted by Crippen LogP contribution is -2.16. The van der Waals surface area contributed by atoms with E-state index in [2.05, 4.69) is 10.3 Å². The molecule has 0 bridgehead atoms. The zero-order chi connectivity index (χ0) is 9.68. The third-order valence-electron chi connectivity index (χ3n) is 1.75. The molecular formula is C9H14N2O2. The summed E-state index contributed by atoms with van der Waals surface area (Å²) in [6.07, 6.45) is 1.11. The van der Waals surface area contributed by atoms with Gasteiger partial charge in [0.15, 0.2) is 0 Å². The molecule has 0 amide bonds. The normalized spacial score (nSPS) is 12.5. The van der Waals surface area contributed by atoms with Crippen LogP contribution >= 0.6 is 0 Å². The minimum absolute atomic E-state index is 0.512. The Morgan fingerprint density at radius 3 is 3.08 bits per heavy atom. The lowest BCUT2D eigenvalue weighted by Gasteiger charge is -2.10. The van der Waals surface area contributed by atoms with Crippen molar-refractivity contribution in [2.75, 3.05) is 20.7 Å². The van der Waals surface area contributed by atoms with Crippen molar-refractivity contribution >= 4 is 0 Å². The summed E-state index contributed by atoms with van der Waals surface area (Å²) < 4.78 is 4.94. The maximum Gasteiger partial charge on any atom is 0.213 e. The van der Waals surface area contributed by atoms with Crippen LogP contribution in [0.15, 0.2) is 18.3 Å². The molecule has 1 heterocycles. The first-order valence-electron chi connectivity index (χ1n) is 4.10. The van der Waals surface area contributed by atoms with Crippen molar-refractivity contribution in [1.82, 2.24) is 10.3 Å². The molecule has 1 aromatic heterocycles. The van der Waals surface area contributed by atoms with Crippen molar-refractivity contribution in [3.8, 4) is 5.88 Å². The summed E-state index contributed by atoms with van der Waals surface area (Å²) in [6, 6.07) is 3.49. The van der Waals surface area contributed by atoms with Gasteiger partial charge in [-0.2, -0.15) is 0 Å². The highest BCUT2D eigenvalue weighted by Crippen LogP contribution is 2.15. The number of methoxy groups -OCH3 is 1. The Kier molecular flexibility index (Phi) is 3.67. The summed E-state index contributed by atoms with van der Waals surface area (Å²) in [6.45, 7) is 0.521. The van der Waals surface area contributed by atoms with Crippen molar-refractivity contribution in [1.29, 1.82) is 0 Å². The van der Waals surface area contributed by atoms with Gasteiger partial charge in [0, 0.05) is 18.8 Å². The Hall–Kier alpha value is -1.13. The maximum atomic E-state index is 9.59. The summed E-state index contributed by atoms with van der Waals surface area (Å²) in [5, 5.41) is 12.5. The highest BCUT2D eigenvalue weighted by molar-refractivity contribution is 5.22. The van der Waals surface area contributed by atoms with E-state index in [4.69, 9.17) is 4.74 Å². The molecule has 0 saturated heterocycles. The molecule has 1 atom stereocenters. The van der Waals surface area contributed by atoms with E-state index < -0.39 is 6.10 Å². The molecule has 0 aliphatic rings.